The van der Waals surface area contributed by atoms with E-state index >= 15 is 0 Å². The molecule has 4 amide bonds. The molecular weight excluding hydrogens is 468 g/mol. The zero-order chi connectivity index (χ0) is 22.5. The van der Waals surface area contributed by atoms with E-state index in [1.807, 2.05) is 0 Å². The quantitative estimate of drug-likeness (QED) is 0.291. The molecule has 2 aromatic rings. The highest BCUT2D eigenvalue weighted by Crippen LogP contribution is 2.28. The molecule has 9 heteroatoms. The predicted molar refractivity (Wildman–Crippen MR) is 117 cm³/mol. The van der Waals surface area contributed by atoms with E-state index in [9.17, 15) is 19.2 Å². The lowest BCUT2D eigenvalue weighted by atomic mass is 10.1. The van der Waals surface area contributed by atoms with E-state index in [0.29, 0.717) is 15.8 Å². The molecule has 0 aliphatic carbocycles. The lowest BCUT2D eigenvalue weighted by molar-refractivity contribution is -0.122. The summed E-state index contributed by atoms with van der Waals surface area (Å²) < 4.78 is 10.9. The van der Waals surface area contributed by atoms with Crippen molar-refractivity contribution in [2.24, 2.45) is 0 Å². The highest BCUT2D eigenvalue weighted by Gasteiger charge is 2.37. The molecule has 2 aromatic carbocycles. The Morgan fingerprint density at radius 3 is 2.52 bits per heavy atom. The van der Waals surface area contributed by atoms with Gasteiger partial charge in [-0.1, -0.05) is 28.6 Å². The molecule has 1 heterocycles. The Kier molecular flexibility index (Phi) is 6.66. The van der Waals surface area contributed by atoms with Gasteiger partial charge in [0.15, 0.2) is 0 Å². The van der Waals surface area contributed by atoms with Crippen LogP contribution in [0.25, 0.3) is 6.08 Å². The number of halogens is 1. The number of rotatable bonds is 6. The van der Waals surface area contributed by atoms with Gasteiger partial charge in [-0.15, -0.1) is 0 Å². The molecule has 0 aromatic heterocycles. The highest BCUT2D eigenvalue weighted by atomic mass is 79.9. The standard InChI is InChI=1S/C22H17BrN2O6/c1-3-10-31-18-9-6-15(23)11-14(18)12-17-19(26)24-22(29)25(20(17)27)16-7-4-13(5-8-16)21(28)30-2/h3-9,11-12H,1,10H2,2H3,(H,24,26,29)/b17-12-. The summed E-state index contributed by atoms with van der Waals surface area (Å²) in [6, 6.07) is 9.87. The van der Waals surface area contributed by atoms with Gasteiger partial charge < -0.3 is 9.47 Å². The third-order valence-corrected chi connectivity index (χ3v) is 4.77. The van der Waals surface area contributed by atoms with Crippen molar-refractivity contribution in [2.45, 2.75) is 0 Å². The van der Waals surface area contributed by atoms with E-state index in [1.165, 1.54) is 37.5 Å². The van der Waals surface area contributed by atoms with E-state index in [-0.39, 0.29) is 23.4 Å². The third kappa shape index (κ3) is 4.72. The fraction of sp³-hybridized carbons (Fsp3) is 0.0909. The van der Waals surface area contributed by atoms with Gasteiger partial charge in [0.1, 0.15) is 17.9 Å². The Balaban J connectivity index is 1.99. The van der Waals surface area contributed by atoms with E-state index in [1.54, 1.807) is 24.3 Å². The lowest BCUT2D eigenvalue weighted by Crippen LogP contribution is -2.54. The zero-order valence-electron chi connectivity index (χ0n) is 16.4. The van der Waals surface area contributed by atoms with Crippen molar-refractivity contribution in [3.63, 3.8) is 0 Å². The second kappa shape index (κ2) is 9.40. The normalized spacial score (nSPS) is 15.0. The molecular formula is C22H17BrN2O6. The Labute approximate surface area is 186 Å². The van der Waals surface area contributed by atoms with Crippen LogP contribution in [0.4, 0.5) is 10.5 Å². The topological polar surface area (TPSA) is 102 Å². The first-order valence-corrected chi connectivity index (χ1v) is 9.78. The largest absolute Gasteiger partial charge is 0.489 e. The Morgan fingerprint density at radius 1 is 1.16 bits per heavy atom. The monoisotopic (exact) mass is 484 g/mol. The van der Waals surface area contributed by atoms with Gasteiger partial charge >= 0.3 is 12.0 Å². The van der Waals surface area contributed by atoms with Crippen LogP contribution in [0.5, 0.6) is 5.75 Å². The van der Waals surface area contributed by atoms with Crippen LogP contribution >= 0.6 is 15.9 Å². The first-order chi connectivity index (χ1) is 14.8. The number of esters is 1. The third-order valence-electron chi connectivity index (χ3n) is 4.28. The first kappa shape index (κ1) is 22.0. The number of ether oxygens (including phenoxy) is 2. The van der Waals surface area contributed by atoms with Crippen LogP contribution in [0.15, 0.2) is 65.2 Å². The first-order valence-electron chi connectivity index (χ1n) is 8.98. The summed E-state index contributed by atoms with van der Waals surface area (Å²) in [5.74, 6) is -1.76. The molecule has 0 radical (unpaired) electrons. The number of hydrogen-bond donors (Lipinski definition) is 1. The number of methoxy groups -OCH3 is 1. The van der Waals surface area contributed by atoms with Gasteiger partial charge in [-0.25, -0.2) is 14.5 Å². The fourth-order valence-electron chi connectivity index (χ4n) is 2.82. The van der Waals surface area contributed by atoms with Crippen molar-refractivity contribution in [1.29, 1.82) is 0 Å². The van der Waals surface area contributed by atoms with Gasteiger partial charge in [0.25, 0.3) is 11.8 Å². The minimum Gasteiger partial charge on any atom is -0.489 e. The lowest BCUT2D eigenvalue weighted by Gasteiger charge is -2.26. The minimum atomic E-state index is -0.893. The molecule has 0 saturated carbocycles. The van der Waals surface area contributed by atoms with Gasteiger partial charge in [-0.3, -0.25) is 14.9 Å². The molecule has 0 unspecified atom stereocenters. The molecule has 0 spiro atoms. The molecule has 1 fully saturated rings. The van der Waals surface area contributed by atoms with Crippen LogP contribution < -0.4 is 15.0 Å². The van der Waals surface area contributed by atoms with E-state index in [0.717, 1.165) is 4.90 Å². The smallest absolute Gasteiger partial charge is 0.337 e. The maximum Gasteiger partial charge on any atom is 0.337 e. The molecule has 3 rings (SSSR count). The number of nitrogens with one attached hydrogen (secondary N) is 1. The number of benzene rings is 2. The highest BCUT2D eigenvalue weighted by molar-refractivity contribution is 9.10. The Bertz CT molecular complexity index is 1110. The van der Waals surface area contributed by atoms with Crippen LogP contribution in [0.2, 0.25) is 0 Å². The number of nitrogens with zero attached hydrogens (tertiary/aromatic N) is 1. The molecule has 1 N–H and O–H groups in total. The van der Waals surface area contributed by atoms with E-state index in [2.05, 4.69) is 32.6 Å². The Hall–Kier alpha value is -3.72. The predicted octanol–water partition coefficient (Wildman–Crippen LogP) is 3.47. The summed E-state index contributed by atoms with van der Waals surface area (Å²) >= 11 is 3.35. The van der Waals surface area contributed by atoms with Crippen LogP contribution in [0.1, 0.15) is 15.9 Å². The van der Waals surface area contributed by atoms with Crippen molar-refractivity contribution in [2.75, 3.05) is 18.6 Å². The molecule has 31 heavy (non-hydrogen) atoms. The number of carbonyl (C=O) groups is 4. The van der Waals surface area contributed by atoms with E-state index in [4.69, 9.17) is 4.74 Å². The molecule has 1 aliphatic heterocycles. The van der Waals surface area contributed by atoms with Crippen LogP contribution in [-0.4, -0.2) is 37.5 Å². The Morgan fingerprint density at radius 2 is 1.87 bits per heavy atom. The molecule has 8 nitrogen and oxygen atoms in total. The summed E-state index contributed by atoms with van der Waals surface area (Å²) in [4.78, 5) is 50.2. The number of carbonyl (C=O) groups excluding carboxylic acids is 4. The van der Waals surface area contributed by atoms with Gasteiger partial charge in [0.05, 0.1) is 18.4 Å². The van der Waals surface area contributed by atoms with Crippen molar-refractivity contribution < 1.29 is 28.7 Å². The van der Waals surface area contributed by atoms with Gasteiger partial charge in [-0.05, 0) is 48.5 Å². The number of hydrogen-bond acceptors (Lipinski definition) is 6. The summed E-state index contributed by atoms with van der Waals surface area (Å²) in [5, 5.41) is 2.15. The molecule has 158 valence electrons. The molecule has 0 atom stereocenters. The van der Waals surface area contributed by atoms with Crippen LogP contribution in [0.3, 0.4) is 0 Å². The minimum absolute atomic E-state index is 0.186. The number of imide groups is 2. The number of anilines is 1. The summed E-state index contributed by atoms with van der Waals surface area (Å²) in [5.41, 5.74) is 0.648. The van der Waals surface area contributed by atoms with Crippen molar-refractivity contribution in [3.8, 4) is 5.75 Å². The second-order valence-electron chi connectivity index (χ2n) is 6.28. The average molecular weight is 485 g/mol. The number of amides is 4. The second-order valence-corrected chi connectivity index (χ2v) is 7.19. The maximum atomic E-state index is 13.1. The summed E-state index contributed by atoms with van der Waals surface area (Å²) in [7, 11) is 1.25. The number of barbiturate groups is 1. The van der Waals surface area contributed by atoms with Crippen molar-refractivity contribution in [1.82, 2.24) is 5.32 Å². The van der Waals surface area contributed by atoms with E-state index < -0.39 is 23.8 Å². The average Bonchev–Trinajstić information content (AvgIpc) is 2.75. The summed E-state index contributed by atoms with van der Waals surface area (Å²) in [6.07, 6.45) is 2.92. The summed E-state index contributed by atoms with van der Waals surface area (Å²) in [6.45, 7) is 3.83. The molecule has 1 saturated heterocycles. The maximum absolute atomic E-state index is 13.1. The van der Waals surface area contributed by atoms with Crippen LogP contribution in [-0.2, 0) is 14.3 Å². The molecule has 0 bridgehead atoms. The fourth-order valence-corrected chi connectivity index (χ4v) is 3.20. The van der Waals surface area contributed by atoms with Gasteiger partial charge in [0, 0.05) is 10.0 Å². The number of urea groups is 1. The van der Waals surface area contributed by atoms with Crippen molar-refractivity contribution >= 4 is 51.5 Å². The van der Waals surface area contributed by atoms with Crippen LogP contribution in [0, 0.1) is 0 Å². The van der Waals surface area contributed by atoms with Gasteiger partial charge in [-0.2, -0.15) is 0 Å². The van der Waals surface area contributed by atoms with Gasteiger partial charge in [0.2, 0.25) is 0 Å². The molecule has 1 aliphatic rings. The van der Waals surface area contributed by atoms with Crippen molar-refractivity contribution in [3.05, 3.63) is 76.3 Å². The zero-order valence-corrected chi connectivity index (χ0v) is 18.0. The SMILES string of the molecule is C=CCOc1ccc(Br)cc1/C=C1/C(=O)NC(=O)N(c2ccc(C(=O)OC)cc2)C1=O.